The molecule has 100 valence electrons. The highest BCUT2D eigenvalue weighted by Gasteiger charge is 2.25. The van der Waals surface area contributed by atoms with Crippen LogP contribution in [0.2, 0.25) is 0 Å². The Labute approximate surface area is 123 Å². The molecular weight excluding hydrogens is 328 g/mol. The minimum atomic E-state index is 0.0136. The number of aromatic nitrogens is 3. The summed E-state index contributed by atoms with van der Waals surface area (Å²) in [6.45, 7) is 4.22. The van der Waals surface area contributed by atoms with Crippen LogP contribution < -0.4 is 4.90 Å². The zero-order valence-corrected chi connectivity index (χ0v) is 12.8. The van der Waals surface area contributed by atoms with Gasteiger partial charge >= 0.3 is 0 Å². The number of ether oxygens (including phenoxy) is 1. The molecule has 1 fully saturated rings. The molecule has 0 spiro atoms. The molecule has 3 heterocycles. The number of rotatable bonds is 2. The van der Waals surface area contributed by atoms with Gasteiger partial charge in [-0.05, 0) is 22.9 Å². The Morgan fingerprint density at radius 2 is 2.21 bits per heavy atom. The van der Waals surface area contributed by atoms with Crippen molar-refractivity contribution >= 4 is 33.2 Å². The van der Waals surface area contributed by atoms with E-state index in [4.69, 9.17) is 4.74 Å². The van der Waals surface area contributed by atoms with Crippen LogP contribution in [-0.4, -0.2) is 34.6 Å². The zero-order chi connectivity index (χ0) is 13.2. The smallest absolute Gasteiger partial charge is 0.225 e. The van der Waals surface area contributed by atoms with E-state index in [1.165, 1.54) is 0 Å². The number of nitrogens with zero attached hydrogens (tertiary/aromatic N) is 4. The van der Waals surface area contributed by atoms with Crippen molar-refractivity contribution in [1.29, 1.82) is 0 Å². The van der Waals surface area contributed by atoms with Crippen LogP contribution in [-0.2, 0) is 4.74 Å². The van der Waals surface area contributed by atoms with Gasteiger partial charge in [0.15, 0.2) is 0 Å². The molecule has 0 aromatic carbocycles. The van der Waals surface area contributed by atoms with E-state index in [-0.39, 0.29) is 6.10 Å². The van der Waals surface area contributed by atoms with E-state index in [1.54, 1.807) is 23.7 Å². The number of morpholine rings is 1. The van der Waals surface area contributed by atoms with Gasteiger partial charge in [-0.25, -0.2) is 15.0 Å². The summed E-state index contributed by atoms with van der Waals surface area (Å²) >= 11 is 4.99. The summed E-state index contributed by atoms with van der Waals surface area (Å²) in [7, 11) is 0. The van der Waals surface area contributed by atoms with Gasteiger partial charge in [-0.15, -0.1) is 11.3 Å². The maximum atomic E-state index is 5.79. The van der Waals surface area contributed by atoms with Crippen molar-refractivity contribution in [1.82, 2.24) is 15.0 Å². The van der Waals surface area contributed by atoms with Crippen LogP contribution in [0.4, 0.5) is 5.95 Å². The van der Waals surface area contributed by atoms with E-state index in [9.17, 15) is 0 Å². The SMILES string of the molecule is Cc1csc(C2CN(c3ncc(Br)cn3)CCO2)n1. The lowest BCUT2D eigenvalue weighted by molar-refractivity contribution is 0.0390. The van der Waals surface area contributed by atoms with E-state index >= 15 is 0 Å². The fourth-order valence-electron chi connectivity index (χ4n) is 1.97. The second kappa shape index (κ2) is 5.52. The quantitative estimate of drug-likeness (QED) is 0.840. The van der Waals surface area contributed by atoms with Crippen molar-refractivity contribution in [3.63, 3.8) is 0 Å². The van der Waals surface area contributed by atoms with Crippen molar-refractivity contribution in [2.45, 2.75) is 13.0 Å². The number of anilines is 1. The minimum absolute atomic E-state index is 0.0136. The second-order valence-corrected chi connectivity index (χ2v) is 6.14. The maximum Gasteiger partial charge on any atom is 0.225 e. The first-order valence-electron chi connectivity index (χ1n) is 5.98. The summed E-state index contributed by atoms with van der Waals surface area (Å²) in [4.78, 5) is 15.3. The Balaban J connectivity index is 1.76. The molecule has 2 aromatic heterocycles. The Hall–Kier alpha value is -1.05. The normalized spacial score (nSPS) is 19.7. The Morgan fingerprint density at radius 1 is 1.42 bits per heavy atom. The predicted molar refractivity (Wildman–Crippen MR) is 77.5 cm³/mol. The largest absolute Gasteiger partial charge is 0.367 e. The van der Waals surface area contributed by atoms with Crippen molar-refractivity contribution in [3.05, 3.63) is 32.9 Å². The lowest BCUT2D eigenvalue weighted by Gasteiger charge is -2.31. The molecule has 0 aliphatic carbocycles. The molecule has 1 aliphatic heterocycles. The molecule has 0 saturated carbocycles. The average Bonchev–Trinajstić information content (AvgIpc) is 2.86. The molecule has 1 saturated heterocycles. The van der Waals surface area contributed by atoms with E-state index in [1.807, 2.05) is 12.3 Å². The van der Waals surface area contributed by atoms with E-state index < -0.39 is 0 Å². The first-order valence-corrected chi connectivity index (χ1v) is 7.66. The molecule has 2 aromatic rings. The summed E-state index contributed by atoms with van der Waals surface area (Å²) in [6.07, 6.45) is 3.54. The van der Waals surface area contributed by atoms with Gasteiger partial charge in [0.05, 0.1) is 17.6 Å². The van der Waals surface area contributed by atoms with Crippen LogP contribution in [0.25, 0.3) is 0 Å². The molecule has 1 unspecified atom stereocenters. The maximum absolute atomic E-state index is 5.79. The first kappa shape index (κ1) is 13.0. The zero-order valence-electron chi connectivity index (χ0n) is 10.4. The molecule has 1 aliphatic rings. The lowest BCUT2D eigenvalue weighted by atomic mass is 10.3. The molecule has 0 bridgehead atoms. The molecule has 19 heavy (non-hydrogen) atoms. The van der Waals surface area contributed by atoms with Gasteiger partial charge in [0.2, 0.25) is 5.95 Å². The minimum Gasteiger partial charge on any atom is -0.367 e. The van der Waals surface area contributed by atoms with Crippen LogP contribution in [0, 0.1) is 6.92 Å². The fraction of sp³-hybridized carbons (Fsp3) is 0.417. The summed E-state index contributed by atoms with van der Waals surface area (Å²) < 4.78 is 6.68. The second-order valence-electron chi connectivity index (χ2n) is 4.33. The van der Waals surface area contributed by atoms with E-state index in [0.717, 1.165) is 34.2 Å². The third kappa shape index (κ3) is 2.93. The fourth-order valence-corrected chi connectivity index (χ4v) is 3.01. The van der Waals surface area contributed by atoms with Crippen molar-refractivity contribution in [2.75, 3.05) is 24.6 Å². The highest BCUT2D eigenvalue weighted by molar-refractivity contribution is 9.10. The molecule has 0 amide bonds. The van der Waals surface area contributed by atoms with Crippen LogP contribution in [0.5, 0.6) is 0 Å². The highest BCUT2D eigenvalue weighted by atomic mass is 79.9. The van der Waals surface area contributed by atoms with Crippen LogP contribution in [0.3, 0.4) is 0 Å². The van der Waals surface area contributed by atoms with Crippen LogP contribution >= 0.6 is 27.3 Å². The van der Waals surface area contributed by atoms with E-state index in [0.29, 0.717) is 6.61 Å². The summed E-state index contributed by atoms with van der Waals surface area (Å²) in [5.74, 6) is 0.741. The molecule has 5 nitrogen and oxygen atoms in total. The topological polar surface area (TPSA) is 51.1 Å². The summed E-state index contributed by atoms with van der Waals surface area (Å²) in [5, 5.41) is 3.08. The third-order valence-corrected chi connectivity index (χ3v) is 4.33. The number of aryl methyl sites for hydroxylation is 1. The Morgan fingerprint density at radius 3 is 2.89 bits per heavy atom. The Bertz CT molecular complexity index is 559. The van der Waals surface area contributed by atoms with Crippen LogP contribution in [0.15, 0.2) is 22.2 Å². The molecule has 0 N–H and O–H groups in total. The molecule has 3 rings (SSSR count). The van der Waals surface area contributed by atoms with Gasteiger partial charge in [-0.1, -0.05) is 0 Å². The lowest BCUT2D eigenvalue weighted by Crippen LogP contribution is -2.39. The molecule has 0 radical (unpaired) electrons. The summed E-state index contributed by atoms with van der Waals surface area (Å²) in [6, 6.07) is 0. The van der Waals surface area contributed by atoms with Gasteiger partial charge in [-0.2, -0.15) is 0 Å². The number of thiazole rings is 1. The number of hydrogen-bond acceptors (Lipinski definition) is 6. The number of halogens is 1. The van der Waals surface area contributed by atoms with Gasteiger partial charge < -0.3 is 9.64 Å². The van der Waals surface area contributed by atoms with Crippen molar-refractivity contribution in [2.24, 2.45) is 0 Å². The predicted octanol–water partition coefficient (Wildman–Crippen LogP) is 2.58. The molecule has 7 heteroatoms. The third-order valence-electron chi connectivity index (χ3n) is 2.87. The van der Waals surface area contributed by atoms with Crippen LogP contribution in [0.1, 0.15) is 16.8 Å². The summed E-state index contributed by atoms with van der Waals surface area (Å²) in [5.41, 5.74) is 1.04. The first-order chi connectivity index (χ1) is 9.22. The molecular formula is C12H13BrN4OS. The van der Waals surface area contributed by atoms with Gasteiger partial charge in [0, 0.05) is 30.0 Å². The van der Waals surface area contributed by atoms with Crippen molar-refractivity contribution < 1.29 is 4.74 Å². The van der Waals surface area contributed by atoms with E-state index in [2.05, 4.69) is 35.8 Å². The highest BCUT2D eigenvalue weighted by Crippen LogP contribution is 2.26. The number of hydrogen-bond donors (Lipinski definition) is 0. The average molecular weight is 341 g/mol. The van der Waals surface area contributed by atoms with Crippen molar-refractivity contribution in [3.8, 4) is 0 Å². The molecule has 1 atom stereocenters. The monoisotopic (exact) mass is 340 g/mol. The van der Waals surface area contributed by atoms with Gasteiger partial charge in [-0.3, -0.25) is 0 Å². The van der Waals surface area contributed by atoms with Gasteiger partial charge in [0.1, 0.15) is 11.1 Å². The Kier molecular flexibility index (Phi) is 3.76. The standard InChI is InChI=1S/C12H13BrN4OS/c1-8-7-19-11(16-8)10-6-17(2-3-18-10)12-14-4-9(13)5-15-12/h4-5,7,10H,2-3,6H2,1H3. The van der Waals surface area contributed by atoms with Gasteiger partial charge in [0.25, 0.3) is 0 Å².